The summed E-state index contributed by atoms with van der Waals surface area (Å²) in [7, 11) is 3.32. The molecule has 0 aliphatic rings. The zero-order valence-electron chi connectivity index (χ0n) is 14.2. The first-order valence-corrected chi connectivity index (χ1v) is 7.95. The summed E-state index contributed by atoms with van der Waals surface area (Å²) in [4.78, 5) is 4.33. The molecule has 0 aliphatic heterocycles. The van der Waals surface area contributed by atoms with Crippen LogP contribution >= 0.6 is 0 Å². The molecule has 0 saturated carbocycles. The third-order valence-electron chi connectivity index (χ3n) is 4.28. The molecule has 0 amide bonds. The van der Waals surface area contributed by atoms with E-state index in [2.05, 4.69) is 42.2 Å². The van der Waals surface area contributed by atoms with Gasteiger partial charge in [-0.25, -0.2) is 0 Å². The molecule has 0 fully saturated rings. The van der Waals surface area contributed by atoms with E-state index in [4.69, 9.17) is 9.47 Å². The smallest absolute Gasteiger partial charge is 0.123 e. The molecule has 3 rings (SSSR count). The second-order valence-corrected chi connectivity index (χ2v) is 5.70. The van der Waals surface area contributed by atoms with Gasteiger partial charge in [0.2, 0.25) is 0 Å². The lowest BCUT2D eigenvalue weighted by atomic mass is 9.88. The van der Waals surface area contributed by atoms with Gasteiger partial charge in [-0.3, -0.25) is 4.98 Å². The van der Waals surface area contributed by atoms with Crippen molar-refractivity contribution in [3.8, 4) is 22.6 Å². The number of hydrogen-bond donors (Lipinski definition) is 0. The van der Waals surface area contributed by atoms with Gasteiger partial charge in [0.15, 0.2) is 0 Å². The van der Waals surface area contributed by atoms with E-state index >= 15 is 0 Å². The summed E-state index contributed by atoms with van der Waals surface area (Å²) in [5, 5.41) is 0. The van der Waals surface area contributed by atoms with E-state index in [1.165, 1.54) is 11.1 Å². The van der Waals surface area contributed by atoms with Crippen LogP contribution in [0.2, 0.25) is 0 Å². The normalized spacial score (nSPS) is 11.8. The van der Waals surface area contributed by atoms with Gasteiger partial charge in [-0.2, -0.15) is 0 Å². The number of methoxy groups -OCH3 is 2. The lowest BCUT2D eigenvalue weighted by Gasteiger charge is -2.17. The van der Waals surface area contributed by atoms with Crippen molar-refractivity contribution in [1.29, 1.82) is 0 Å². The van der Waals surface area contributed by atoms with Crippen LogP contribution in [-0.4, -0.2) is 19.2 Å². The Morgan fingerprint density at radius 3 is 2.17 bits per heavy atom. The van der Waals surface area contributed by atoms with Gasteiger partial charge in [0.05, 0.1) is 14.2 Å². The highest BCUT2D eigenvalue weighted by Gasteiger charge is 2.15. The third kappa shape index (κ3) is 3.25. The molecule has 0 radical (unpaired) electrons. The number of hydrogen-bond acceptors (Lipinski definition) is 3. The predicted molar refractivity (Wildman–Crippen MR) is 96.7 cm³/mol. The SMILES string of the molecule is COc1cc(OC)cc(-c2cnccc2[C@@H](C)c2ccccc2)c1. The monoisotopic (exact) mass is 319 g/mol. The molecule has 0 unspecified atom stereocenters. The number of benzene rings is 2. The lowest BCUT2D eigenvalue weighted by Crippen LogP contribution is -2.00. The molecule has 24 heavy (non-hydrogen) atoms. The topological polar surface area (TPSA) is 31.4 Å². The highest BCUT2D eigenvalue weighted by molar-refractivity contribution is 5.71. The van der Waals surface area contributed by atoms with E-state index in [1.807, 2.05) is 36.7 Å². The Labute approximate surface area is 142 Å². The summed E-state index contributed by atoms with van der Waals surface area (Å²) in [6, 6.07) is 18.5. The van der Waals surface area contributed by atoms with Gasteiger partial charge in [-0.1, -0.05) is 37.3 Å². The Bertz CT molecular complexity index is 793. The molecule has 0 N–H and O–H groups in total. The Kier molecular flexibility index (Phi) is 4.80. The van der Waals surface area contributed by atoms with Crippen molar-refractivity contribution in [3.63, 3.8) is 0 Å². The highest BCUT2D eigenvalue weighted by Crippen LogP contribution is 2.36. The number of aromatic nitrogens is 1. The maximum absolute atomic E-state index is 5.40. The molecule has 1 atom stereocenters. The minimum atomic E-state index is 0.265. The molecular weight excluding hydrogens is 298 g/mol. The fourth-order valence-corrected chi connectivity index (χ4v) is 2.91. The molecule has 0 bridgehead atoms. The quantitative estimate of drug-likeness (QED) is 0.669. The molecule has 1 heterocycles. The largest absolute Gasteiger partial charge is 0.497 e. The Morgan fingerprint density at radius 1 is 0.875 bits per heavy atom. The van der Waals surface area contributed by atoms with Gasteiger partial charge >= 0.3 is 0 Å². The Balaban J connectivity index is 2.10. The van der Waals surface area contributed by atoms with Crippen molar-refractivity contribution in [2.24, 2.45) is 0 Å². The van der Waals surface area contributed by atoms with Crippen LogP contribution in [0.3, 0.4) is 0 Å². The fourth-order valence-electron chi connectivity index (χ4n) is 2.91. The number of nitrogens with zero attached hydrogens (tertiary/aromatic N) is 1. The molecule has 1 aromatic heterocycles. The fraction of sp³-hybridized carbons (Fsp3) is 0.190. The number of rotatable bonds is 5. The van der Waals surface area contributed by atoms with Crippen LogP contribution in [0.25, 0.3) is 11.1 Å². The van der Waals surface area contributed by atoms with Crippen LogP contribution in [0.15, 0.2) is 67.0 Å². The Hall–Kier alpha value is -2.81. The van der Waals surface area contributed by atoms with Crippen molar-refractivity contribution in [1.82, 2.24) is 4.98 Å². The molecule has 0 spiro atoms. The third-order valence-corrected chi connectivity index (χ3v) is 4.28. The summed E-state index contributed by atoms with van der Waals surface area (Å²) in [5.74, 6) is 1.81. The predicted octanol–water partition coefficient (Wildman–Crippen LogP) is 4.92. The van der Waals surface area contributed by atoms with E-state index in [1.54, 1.807) is 14.2 Å². The number of pyridine rings is 1. The van der Waals surface area contributed by atoms with Crippen molar-refractivity contribution in [2.45, 2.75) is 12.8 Å². The highest BCUT2D eigenvalue weighted by atomic mass is 16.5. The standard InChI is InChI=1S/C21H21NO2/c1-15(16-7-5-4-6-8-16)20-9-10-22-14-21(20)17-11-18(23-2)13-19(12-17)24-3/h4-15H,1-3H3/t15-/m0/s1. The first kappa shape index (κ1) is 16.1. The molecular formula is C21H21NO2. The van der Waals surface area contributed by atoms with E-state index in [9.17, 15) is 0 Å². The molecule has 3 heteroatoms. The lowest BCUT2D eigenvalue weighted by molar-refractivity contribution is 0.394. The van der Waals surface area contributed by atoms with Crippen LogP contribution in [0.4, 0.5) is 0 Å². The first-order chi connectivity index (χ1) is 11.7. The van der Waals surface area contributed by atoms with Crippen LogP contribution < -0.4 is 9.47 Å². The summed E-state index contributed by atoms with van der Waals surface area (Å²) < 4.78 is 10.8. The van der Waals surface area contributed by atoms with Crippen molar-refractivity contribution in [2.75, 3.05) is 14.2 Å². The average Bonchev–Trinajstić information content (AvgIpc) is 2.67. The summed E-state index contributed by atoms with van der Waals surface area (Å²) in [5.41, 5.74) is 4.63. The zero-order chi connectivity index (χ0) is 16.9. The zero-order valence-corrected chi connectivity index (χ0v) is 14.2. The first-order valence-electron chi connectivity index (χ1n) is 7.95. The summed E-state index contributed by atoms with van der Waals surface area (Å²) in [6.45, 7) is 2.21. The van der Waals surface area contributed by atoms with Crippen molar-refractivity contribution < 1.29 is 9.47 Å². The Morgan fingerprint density at radius 2 is 1.54 bits per heavy atom. The molecule has 2 aromatic carbocycles. The van der Waals surface area contributed by atoms with Gasteiger partial charge in [0, 0.05) is 29.9 Å². The van der Waals surface area contributed by atoms with E-state index in [0.29, 0.717) is 0 Å². The van der Waals surface area contributed by atoms with E-state index < -0.39 is 0 Å². The van der Waals surface area contributed by atoms with Gasteiger partial charge in [0.1, 0.15) is 11.5 Å². The molecule has 0 aliphatic carbocycles. The van der Waals surface area contributed by atoms with Gasteiger partial charge in [-0.15, -0.1) is 0 Å². The van der Waals surface area contributed by atoms with Crippen LogP contribution in [0, 0.1) is 0 Å². The molecule has 3 aromatic rings. The second kappa shape index (κ2) is 7.18. The second-order valence-electron chi connectivity index (χ2n) is 5.70. The average molecular weight is 319 g/mol. The number of ether oxygens (including phenoxy) is 2. The van der Waals surface area contributed by atoms with Crippen LogP contribution in [-0.2, 0) is 0 Å². The van der Waals surface area contributed by atoms with E-state index in [0.717, 1.165) is 22.6 Å². The van der Waals surface area contributed by atoms with Crippen LogP contribution in [0.1, 0.15) is 24.0 Å². The van der Waals surface area contributed by atoms with Crippen molar-refractivity contribution >= 4 is 0 Å². The van der Waals surface area contributed by atoms with Gasteiger partial charge < -0.3 is 9.47 Å². The maximum atomic E-state index is 5.40. The van der Waals surface area contributed by atoms with Gasteiger partial charge in [-0.05, 0) is 34.9 Å². The molecule has 3 nitrogen and oxygen atoms in total. The van der Waals surface area contributed by atoms with E-state index in [-0.39, 0.29) is 5.92 Å². The summed E-state index contributed by atoms with van der Waals surface area (Å²) >= 11 is 0. The minimum absolute atomic E-state index is 0.265. The molecule has 122 valence electrons. The van der Waals surface area contributed by atoms with Gasteiger partial charge in [0.25, 0.3) is 0 Å². The minimum Gasteiger partial charge on any atom is -0.497 e. The molecule has 0 saturated heterocycles. The van der Waals surface area contributed by atoms with Crippen LogP contribution in [0.5, 0.6) is 11.5 Å². The summed E-state index contributed by atoms with van der Waals surface area (Å²) in [6.07, 6.45) is 3.75. The van der Waals surface area contributed by atoms with Crippen molar-refractivity contribution in [3.05, 3.63) is 78.1 Å². The maximum Gasteiger partial charge on any atom is 0.123 e.